The topological polar surface area (TPSA) is 40.6 Å². The molecule has 1 heterocycles. The van der Waals surface area contributed by atoms with Crippen LogP contribution in [-0.4, -0.2) is 34.4 Å². The van der Waals surface area contributed by atoms with E-state index in [4.69, 9.17) is 19.2 Å². The predicted octanol–water partition coefficient (Wildman–Crippen LogP) is 5.16. The van der Waals surface area contributed by atoms with Crippen molar-refractivity contribution in [2.24, 2.45) is 0 Å². The maximum absolute atomic E-state index is 5.60. The van der Waals surface area contributed by atoms with Crippen molar-refractivity contribution in [3.05, 3.63) is 48.0 Å². The number of benzene rings is 2. The lowest BCUT2D eigenvalue weighted by Crippen LogP contribution is -2.16. The van der Waals surface area contributed by atoms with Crippen molar-refractivity contribution in [1.29, 1.82) is 0 Å². The molecule has 0 fully saturated rings. The fourth-order valence-electron chi connectivity index (χ4n) is 2.88. The third-order valence-electron chi connectivity index (χ3n) is 4.30. The molecular formula is C23H25NO3Si. The lowest BCUT2D eigenvalue weighted by atomic mass is 9.99. The highest BCUT2D eigenvalue weighted by Gasteiger charge is 2.17. The molecule has 0 spiro atoms. The monoisotopic (exact) mass is 391 g/mol. The second kappa shape index (κ2) is 7.95. The number of hydrogen-bond donors (Lipinski definition) is 0. The first kappa shape index (κ1) is 19.8. The van der Waals surface area contributed by atoms with E-state index in [1.165, 1.54) is 0 Å². The third-order valence-corrected chi connectivity index (χ3v) is 5.17. The summed E-state index contributed by atoms with van der Waals surface area (Å²) in [5.74, 6) is 5.55. The molecule has 28 heavy (non-hydrogen) atoms. The Morgan fingerprint density at radius 3 is 2.00 bits per heavy atom. The molecule has 1 aromatic heterocycles. The largest absolute Gasteiger partial charge is 0.497 e. The summed E-state index contributed by atoms with van der Waals surface area (Å²) in [7, 11) is 3.37. The lowest BCUT2D eigenvalue weighted by molar-refractivity contribution is 0.402. The van der Waals surface area contributed by atoms with Crippen LogP contribution in [0.3, 0.4) is 0 Å². The molecule has 0 saturated carbocycles. The highest BCUT2D eigenvalue weighted by molar-refractivity contribution is 6.83. The molecule has 0 aliphatic rings. The van der Waals surface area contributed by atoms with Crippen molar-refractivity contribution in [1.82, 2.24) is 4.98 Å². The van der Waals surface area contributed by atoms with Crippen LogP contribution in [0.15, 0.2) is 42.5 Å². The lowest BCUT2D eigenvalue weighted by Gasteiger charge is -2.14. The fourth-order valence-corrected chi connectivity index (χ4v) is 3.38. The number of nitrogens with zero attached hydrogens (tertiary/aromatic N) is 1. The molecule has 3 aromatic rings. The minimum absolute atomic E-state index is 0.554. The first-order valence-electron chi connectivity index (χ1n) is 9.09. The summed E-state index contributed by atoms with van der Waals surface area (Å²) in [6, 6.07) is 13.8. The zero-order valence-electron chi connectivity index (χ0n) is 17.2. The number of pyridine rings is 1. The van der Waals surface area contributed by atoms with Gasteiger partial charge in [0, 0.05) is 16.3 Å². The maximum atomic E-state index is 5.60. The summed E-state index contributed by atoms with van der Waals surface area (Å²) in [5, 5.41) is 1.89. The quantitative estimate of drug-likeness (QED) is 0.455. The maximum Gasteiger partial charge on any atom is 0.221 e. The zero-order chi connectivity index (χ0) is 20.3. The van der Waals surface area contributed by atoms with E-state index in [0.29, 0.717) is 5.88 Å². The molecule has 3 rings (SSSR count). The van der Waals surface area contributed by atoms with Gasteiger partial charge in [-0.1, -0.05) is 25.6 Å². The number of hydrogen-bond acceptors (Lipinski definition) is 4. The molecular weight excluding hydrogens is 366 g/mol. The Bertz CT molecular complexity index is 1060. The molecule has 144 valence electrons. The van der Waals surface area contributed by atoms with Gasteiger partial charge < -0.3 is 14.2 Å². The van der Waals surface area contributed by atoms with Crippen LogP contribution in [0.4, 0.5) is 0 Å². The van der Waals surface area contributed by atoms with E-state index < -0.39 is 8.07 Å². The molecule has 0 atom stereocenters. The molecule has 0 aliphatic carbocycles. The molecule has 0 bridgehead atoms. The summed E-state index contributed by atoms with van der Waals surface area (Å²) >= 11 is 0. The van der Waals surface area contributed by atoms with Gasteiger partial charge in [-0.05, 0) is 42.5 Å². The molecule has 0 unspecified atom stereocenters. The average Bonchev–Trinajstić information content (AvgIpc) is 2.70. The molecule has 5 heteroatoms. The van der Waals surface area contributed by atoms with E-state index in [0.717, 1.165) is 39.1 Å². The van der Waals surface area contributed by atoms with Crippen molar-refractivity contribution in [2.45, 2.75) is 19.6 Å². The predicted molar refractivity (Wildman–Crippen MR) is 117 cm³/mol. The number of rotatable bonds is 4. The van der Waals surface area contributed by atoms with Gasteiger partial charge in [-0.15, -0.1) is 5.54 Å². The van der Waals surface area contributed by atoms with Crippen LogP contribution in [-0.2, 0) is 0 Å². The molecule has 0 saturated heterocycles. The standard InChI is InChI=1S/C23H25NO3Si/c1-25-17-9-7-16(8-10-17)22-20(13-14-28(4,5)6)19-12-11-18(26-2)15-21(19)23(24-22)27-3/h7-12,15H,1-6H3. The van der Waals surface area contributed by atoms with Crippen molar-refractivity contribution in [2.75, 3.05) is 21.3 Å². The minimum atomic E-state index is -1.57. The molecule has 0 radical (unpaired) electrons. The Hall–Kier alpha value is -2.97. The van der Waals surface area contributed by atoms with Gasteiger partial charge in [0.25, 0.3) is 0 Å². The minimum Gasteiger partial charge on any atom is -0.497 e. The van der Waals surface area contributed by atoms with E-state index in [1.807, 2.05) is 42.5 Å². The van der Waals surface area contributed by atoms with Crippen molar-refractivity contribution < 1.29 is 14.2 Å². The van der Waals surface area contributed by atoms with Crippen LogP contribution in [0.1, 0.15) is 5.56 Å². The van der Waals surface area contributed by atoms with Crippen LogP contribution < -0.4 is 14.2 Å². The van der Waals surface area contributed by atoms with E-state index in [9.17, 15) is 0 Å². The zero-order valence-corrected chi connectivity index (χ0v) is 18.2. The van der Waals surface area contributed by atoms with Gasteiger partial charge in [0.05, 0.1) is 32.6 Å². The SMILES string of the molecule is COc1ccc(-c2nc(OC)c3cc(OC)ccc3c2C#C[Si](C)(C)C)cc1. The summed E-state index contributed by atoms with van der Waals surface area (Å²) in [5.41, 5.74) is 6.17. The Kier molecular flexibility index (Phi) is 5.62. The second-order valence-electron chi connectivity index (χ2n) is 7.48. The Morgan fingerprint density at radius 2 is 1.43 bits per heavy atom. The fraction of sp³-hybridized carbons (Fsp3) is 0.261. The van der Waals surface area contributed by atoms with Gasteiger partial charge in [0.2, 0.25) is 5.88 Å². The Balaban J connectivity index is 2.35. The summed E-state index contributed by atoms with van der Waals surface area (Å²) in [4.78, 5) is 4.82. The van der Waals surface area contributed by atoms with Crippen molar-refractivity contribution >= 4 is 18.8 Å². The Labute approximate surface area is 167 Å². The van der Waals surface area contributed by atoms with E-state index in [2.05, 4.69) is 31.1 Å². The highest BCUT2D eigenvalue weighted by Crippen LogP contribution is 2.36. The average molecular weight is 392 g/mol. The molecule has 2 aromatic carbocycles. The highest BCUT2D eigenvalue weighted by atomic mass is 28.3. The van der Waals surface area contributed by atoms with Crippen LogP contribution in [0.5, 0.6) is 17.4 Å². The van der Waals surface area contributed by atoms with Gasteiger partial charge in [0.15, 0.2) is 0 Å². The van der Waals surface area contributed by atoms with Gasteiger partial charge in [-0.3, -0.25) is 0 Å². The molecule has 0 N–H and O–H groups in total. The summed E-state index contributed by atoms with van der Waals surface area (Å²) in [6.45, 7) is 6.69. The third kappa shape index (κ3) is 4.13. The van der Waals surface area contributed by atoms with E-state index in [1.54, 1.807) is 21.3 Å². The Morgan fingerprint density at radius 1 is 0.786 bits per heavy atom. The van der Waals surface area contributed by atoms with Crippen LogP contribution in [0.2, 0.25) is 19.6 Å². The van der Waals surface area contributed by atoms with Gasteiger partial charge in [0.1, 0.15) is 19.6 Å². The molecule has 0 aliphatic heterocycles. The van der Waals surface area contributed by atoms with Crippen LogP contribution in [0, 0.1) is 11.5 Å². The summed E-state index contributed by atoms with van der Waals surface area (Å²) < 4.78 is 16.3. The smallest absolute Gasteiger partial charge is 0.221 e. The normalized spacial score (nSPS) is 10.9. The van der Waals surface area contributed by atoms with E-state index >= 15 is 0 Å². The van der Waals surface area contributed by atoms with Crippen LogP contribution >= 0.6 is 0 Å². The van der Waals surface area contributed by atoms with Gasteiger partial charge >= 0.3 is 0 Å². The van der Waals surface area contributed by atoms with Gasteiger partial charge in [-0.2, -0.15) is 0 Å². The molecule has 0 amide bonds. The summed E-state index contributed by atoms with van der Waals surface area (Å²) in [6.07, 6.45) is 0. The van der Waals surface area contributed by atoms with Crippen molar-refractivity contribution in [3.8, 4) is 40.1 Å². The second-order valence-corrected chi connectivity index (χ2v) is 12.2. The van der Waals surface area contributed by atoms with Gasteiger partial charge in [-0.25, -0.2) is 4.98 Å². The van der Waals surface area contributed by atoms with Crippen LogP contribution in [0.25, 0.3) is 22.0 Å². The first-order chi connectivity index (χ1) is 13.4. The number of methoxy groups -OCH3 is 3. The number of aromatic nitrogens is 1. The van der Waals surface area contributed by atoms with E-state index in [-0.39, 0.29) is 0 Å². The number of ether oxygens (including phenoxy) is 3. The van der Waals surface area contributed by atoms with Crippen molar-refractivity contribution in [3.63, 3.8) is 0 Å². The number of fused-ring (bicyclic) bond motifs is 1. The molecule has 4 nitrogen and oxygen atoms in total. The first-order valence-corrected chi connectivity index (χ1v) is 12.6.